The van der Waals surface area contributed by atoms with Crippen LogP contribution in [0.4, 0.5) is 5.69 Å². The molecule has 2 aromatic rings. The highest BCUT2D eigenvalue weighted by Gasteiger charge is 2.22. The maximum Gasteiger partial charge on any atom is 0.262 e. The molecule has 0 heterocycles. The molecule has 2 rings (SSSR count). The number of nitrogens with one attached hydrogen (secondary N) is 1. The Bertz CT molecular complexity index is 823. The van der Waals surface area contributed by atoms with Gasteiger partial charge in [0.05, 0.1) is 24.8 Å². The first-order valence-electron chi connectivity index (χ1n) is 7.53. The van der Waals surface area contributed by atoms with Crippen LogP contribution < -0.4 is 14.2 Å². The van der Waals surface area contributed by atoms with Gasteiger partial charge in [0, 0.05) is 6.07 Å². The van der Waals surface area contributed by atoms with Crippen LogP contribution in [0.3, 0.4) is 0 Å². The van der Waals surface area contributed by atoms with Crippen LogP contribution in [0.15, 0.2) is 47.4 Å². The molecular formula is C18H23NO4S. The number of rotatable bonds is 5. The highest BCUT2D eigenvalue weighted by molar-refractivity contribution is 7.92. The highest BCUT2D eigenvalue weighted by Crippen LogP contribution is 2.33. The van der Waals surface area contributed by atoms with Gasteiger partial charge in [0.25, 0.3) is 10.0 Å². The van der Waals surface area contributed by atoms with E-state index in [1.165, 1.54) is 26.4 Å². The van der Waals surface area contributed by atoms with Crippen molar-refractivity contribution < 1.29 is 17.9 Å². The standard InChI is InChI=1S/C18H23NO4S/c1-18(2,3)14-8-6-7-9-15(14)19-24(20,21)13-10-11-16(22-4)17(12-13)23-5/h6-12,19H,1-5H3. The number of benzene rings is 2. The molecule has 6 heteroatoms. The summed E-state index contributed by atoms with van der Waals surface area (Å²) in [4.78, 5) is 0.115. The lowest BCUT2D eigenvalue weighted by Crippen LogP contribution is -2.19. The van der Waals surface area contributed by atoms with E-state index < -0.39 is 10.0 Å². The lowest BCUT2D eigenvalue weighted by Gasteiger charge is -2.23. The van der Waals surface area contributed by atoms with Crippen LogP contribution in [-0.2, 0) is 15.4 Å². The Balaban J connectivity index is 2.44. The van der Waals surface area contributed by atoms with Gasteiger partial charge in [-0.25, -0.2) is 8.42 Å². The number of hydrogen-bond donors (Lipinski definition) is 1. The molecule has 0 aliphatic carbocycles. The van der Waals surface area contributed by atoms with Crippen molar-refractivity contribution in [3.8, 4) is 11.5 Å². The molecule has 0 aliphatic heterocycles. The lowest BCUT2D eigenvalue weighted by molar-refractivity contribution is 0.354. The normalized spacial score (nSPS) is 11.9. The van der Waals surface area contributed by atoms with Crippen molar-refractivity contribution in [2.45, 2.75) is 31.1 Å². The fraction of sp³-hybridized carbons (Fsp3) is 0.333. The van der Waals surface area contributed by atoms with Crippen molar-refractivity contribution in [3.63, 3.8) is 0 Å². The first-order valence-corrected chi connectivity index (χ1v) is 9.01. The molecule has 5 nitrogen and oxygen atoms in total. The van der Waals surface area contributed by atoms with Crippen LogP contribution in [0.2, 0.25) is 0 Å². The zero-order valence-electron chi connectivity index (χ0n) is 14.6. The van der Waals surface area contributed by atoms with Crippen molar-refractivity contribution in [1.29, 1.82) is 0 Å². The number of sulfonamides is 1. The first kappa shape index (κ1) is 18.1. The number of ether oxygens (including phenoxy) is 2. The van der Waals surface area contributed by atoms with Gasteiger partial charge in [0.1, 0.15) is 0 Å². The van der Waals surface area contributed by atoms with Crippen LogP contribution in [0, 0.1) is 0 Å². The monoisotopic (exact) mass is 349 g/mol. The second kappa shape index (κ2) is 6.73. The molecule has 0 amide bonds. The average Bonchev–Trinajstić information content (AvgIpc) is 2.53. The molecule has 130 valence electrons. The average molecular weight is 349 g/mol. The van der Waals surface area contributed by atoms with Gasteiger partial charge < -0.3 is 9.47 Å². The quantitative estimate of drug-likeness (QED) is 0.892. The second-order valence-electron chi connectivity index (χ2n) is 6.42. The molecule has 0 unspecified atom stereocenters. The van der Waals surface area contributed by atoms with Gasteiger partial charge >= 0.3 is 0 Å². The fourth-order valence-electron chi connectivity index (χ4n) is 2.41. The lowest BCUT2D eigenvalue weighted by atomic mass is 9.86. The summed E-state index contributed by atoms with van der Waals surface area (Å²) in [6, 6.07) is 11.9. The smallest absolute Gasteiger partial charge is 0.262 e. The molecule has 2 aromatic carbocycles. The van der Waals surface area contributed by atoms with E-state index in [4.69, 9.17) is 9.47 Å². The SMILES string of the molecule is COc1ccc(S(=O)(=O)Nc2ccccc2C(C)(C)C)cc1OC. The maximum absolute atomic E-state index is 12.7. The molecule has 24 heavy (non-hydrogen) atoms. The zero-order valence-corrected chi connectivity index (χ0v) is 15.4. The Hall–Kier alpha value is -2.21. The van der Waals surface area contributed by atoms with E-state index in [1.54, 1.807) is 12.1 Å². The Labute approximate surface area is 143 Å². The molecule has 0 aliphatic rings. The third-order valence-corrected chi connectivity index (χ3v) is 5.01. The van der Waals surface area contributed by atoms with Gasteiger partial charge in [-0.1, -0.05) is 39.0 Å². The van der Waals surface area contributed by atoms with E-state index in [9.17, 15) is 8.42 Å². The predicted molar refractivity (Wildman–Crippen MR) is 95.5 cm³/mol. The minimum Gasteiger partial charge on any atom is -0.493 e. The highest BCUT2D eigenvalue weighted by atomic mass is 32.2. The van der Waals surface area contributed by atoms with Crippen LogP contribution in [0.1, 0.15) is 26.3 Å². The summed E-state index contributed by atoms with van der Waals surface area (Å²) in [5.74, 6) is 0.844. The van der Waals surface area contributed by atoms with E-state index in [-0.39, 0.29) is 10.3 Å². The van der Waals surface area contributed by atoms with Crippen molar-refractivity contribution in [1.82, 2.24) is 0 Å². The molecule has 0 spiro atoms. The Morgan fingerprint density at radius 1 is 0.917 bits per heavy atom. The third kappa shape index (κ3) is 3.82. The van der Waals surface area contributed by atoms with E-state index in [0.717, 1.165) is 5.56 Å². The van der Waals surface area contributed by atoms with Gasteiger partial charge in [-0.3, -0.25) is 4.72 Å². The Kier molecular flexibility index (Phi) is 5.08. The van der Waals surface area contributed by atoms with E-state index in [1.807, 2.05) is 39.0 Å². The van der Waals surface area contributed by atoms with Crippen molar-refractivity contribution >= 4 is 15.7 Å². The molecule has 0 saturated heterocycles. The number of hydrogen-bond acceptors (Lipinski definition) is 4. The predicted octanol–water partition coefficient (Wildman–Crippen LogP) is 3.80. The third-order valence-electron chi connectivity index (χ3n) is 3.64. The van der Waals surface area contributed by atoms with Crippen LogP contribution in [-0.4, -0.2) is 22.6 Å². The fourth-order valence-corrected chi connectivity index (χ4v) is 3.51. The summed E-state index contributed by atoms with van der Waals surface area (Å²) in [6.45, 7) is 6.11. The minimum absolute atomic E-state index is 0.115. The van der Waals surface area contributed by atoms with Gasteiger partial charge in [-0.2, -0.15) is 0 Å². The molecule has 0 atom stereocenters. The van der Waals surface area contributed by atoms with Crippen LogP contribution >= 0.6 is 0 Å². The molecule has 1 N–H and O–H groups in total. The van der Waals surface area contributed by atoms with E-state index in [2.05, 4.69) is 4.72 Å². The summed E-state index contributed by atoms with van der Waals surface area (Å²) < 4.78 is 38.5. The first-order chi connectivity index (χ1) is 11.2. The Morgan fingerprint density at radius 2 is 1.54 bits per heavy atom. The zero-order chi connectivity index (χ0) is 18.0. The van der Waals surface area contributed by atoms with Gasteiger partial charge in [0.15, 0.2) is 11.5 Å². The summed E-state index contributed by atoms with van der Waals surface area (Å²) >= 11 is 0. The molecule has 0 bridgehead atoms. The van der Waals surface area contributed by atoms with Gasteiger partial charge in [-0.05, 0) is 29.2 Å². The Morgan fingerprint density at radius 3 is 2.12 bits per heavy atom. The number of methoxy groups -OCH3 is 2. The number of para-hydroxylation sites is 1. The van der Waals surface area contributed by atoms with E-state index in [0.29, 0.717) is 17.2 Å². The summed E-state index contributed by atoms with van der Waals surface area (Å²) in [6.07, 6.45) is 0. The van der Waals surface area contributed by atoms with Crippen molar-refractivity contribution in [2.24, 2.45) is 0 Å². The molecule has 0 radical (unpaired) electrons. The summed E-state index contributed by atoms with van der Waals surface area (Å²) in [7, 11) is -0.767. The molecule has 0 fully saturated rings. The van der Waals surface area contributed by atoms with Crippen molar-refractivity contribution in [3.05, 3.63) is 48.0 Å². The van der Waals surface area contributed by atoms with Crippen molar-refractivity contribution in [2.75, 3.05) is 18.9 Å². The van der Waals surface area contributed by atoms with Crippen LogP contribution in [0.5, 0.6) is 11.5 Å². The number of anilines is 1. The summed E-state index contributed by atoms with van der Waals surface area (Å²) in [5.41, 5.74) is 1.31. The van der Waals surface area contributed by atoms with E-state index >= 15 is 0 Å². The summed E-state index contributed by atoms with van der Waals surface area (Å²) in [5, 5.41) is 0. The van der Waals surface area contributed by atoms with Gasteiger partial charge in [0.2, 0.25) is 0 Å². The minimum atomic E-state index is -3.74. The molecule has 0 aromatic heterocycles. The topological polar surface area (TPSA) is 64.6 Å². The second-order valence-corrected chi connectivity index (χ2v) is 8.10. The molecule has 0 saturated carbocycles. The maximum atomic E-state index is 12.7. The van der Waals surface area contributed by atoms with Crippen LogP contribution in [0.25, 0.3) is 0 Å². The van der Waals surface area contributed by atoms with Gasteiger partial charge in [-0.15, -0.1) is 0 Å². The molecular weight excluding hydrogens is 326 g/mol. The largest absolute Gasteiger partial charge is 0.493 e.